The van der Waals surface area contributed by atoms with Crippen LogP contribution in [0.2, 0.25) is 0 Å². The Balaban J connectivity index is 2.05. The number of likely N-dealkylation sites (tertiary alicyclic amines) is 1. The summed E-state index contributed by atoms with van der Waals surface area (Å²) in [6.45, 7) is 1.73. The van der Waals surface area contributed by atoms with Gasteiger partial charge in [0.05, 0.1) is 0 Å². The first kappa shape index (κ1) is 16.3. The van der Waals surface area contributed by atoms with E-state index in [0.717, 1.165) is 50.8 Å². The van der Waals surface area contributed by atoms with Crippen LogP contribution in [0.15, 0.2) is 12.1 Å². The predicted molar refractivity (Wildman–Crippen MR) is 75.5 cm³/mol. The van der Waals surface area contributed by atoms with Crippen molar-refractivity contribution in [2.24, 2.45) is 0 Å². The van der Waals surface area contributed by atoms with E-state index in [2.05, 4.69) is 4.90 Å². The van der Waals surface area contributed by atoms with Gasteiger partial charge in [0.25, 0.3) is 0 Å². The Morgan fingerprint density at radius 3 is 2.57 bits per heavy atom. The van der Waals surface area contributed by atoms with Crippen LogP contribution in [-0.4, -0.2) is 31.2 Å². The Bertz CT molecular complexity index is 444. The highest BCUT2D eigenvalue weighted by atomic mass is 19.1. The van der Waals surface area contributed by atoms with Crippen LogP contribution in [0.25, 0.3) is 0 Å². The second-order valence-corrected chi connectivity index (χ2v) is 5.60. The highest BCUT2D eigenvalue weighted by molar-refractivity contribution is 5.21. The van der Waals surface area contributed by atoms with Crippen LogP contribution < -0.4 is 0 Å². The quantitative estimate of drug-likeness (QED) is 0.739. The van der Waals surface area contributed by atoms with Crippen molar-refractivity contribution in [1.29, 1.82) is 0 Å². The van der Waals surface area contributed by atoms with Gasteiger partial charge in [0.2, 0.25) is 0 Å². The molecule has 0 bridgehead atoms. The third kappa shape index (κ3) is 4.45. The summed E-state index contributed by atoms with van der Waals surface area (Å²) in [5.74, 6) is -2.47. The summed E-state index contributed by atoms with van der Waals surface area (Å²) in [5.41, 5.74) is -0.0324. The molecule has 2 rings (SSSR count). The van der Waals surface area contributed by atoms with Crippen LogP contribution in [0.4, 0.5) is 13.2 Å². The molecule has 1 fully saturated rings. The molecule has 2 nitrogen and oxygen atoms in total. The van der Waals surface area contributed by atoms with Crippen molar-refractivity contribution < 1.29 is 17.9 Å². The molecule has 0 radical (unpaired) electrons. The van der Waals surface area contributed by atoms with Gasteiger partial charge in [0.15, 0.2) is 0 Å². The number of rotatable bonds is 6. The summed E-state index contributed by atoms with van der Waals surface area (Å²) in [6, 6.07) is 1.82. The Kier molecular flexibility index (Phi) is 6.06. The van der Waals surface area contributed by atoms with E-state index in [4.69, 9.17) is 4.74 Å². The lowest BCUT2D eigenvalue weighted by Crippen LogP contribution is -2.39. The molecule has 0 N–H and O–H groups in total. The fourth-order valence-electron chi connectivity index (χ4n) is 2.98. The van der Waals surface area contributed by atoms with E-state index in [1.54, 1.807) is 7.11 Å². The predicted octanol–water partition coefficient (Wildman–Crippen LogP) is 3.89. The minimum atomic E-state index is -0.871. The van der Waals surface area contributed by atoms with Gasteiger partial charge >= 0.3 is 0 Å². The van der Waals surface area contributed by atoms with E-state index in [-0.39, 0.29) is 12.1 Å². The van der Waals surface area contributed by atoms with E-state index >= 15 is 0 Å². The lowest BCUT2D eigenvalue weighted by Gasteiger charge is -2.36. The molecule has 1 aliphatic heterocycles. The molecule has 0 saturated carbocycles. The molecule has 0 spiro atoms. The molecule has 21 heavy (non-hydrogen) atoms. The third-order valence-corrected chi connectivity index (χ3v) is 4.10. The van der Waals surface area contributed by atoms with Crippen LogP contribution >= 0.6 is 0 Å². The summed E-state index contributed by atoms with van der Waals surface area (Å²) in [5, 5.41) is 0. The van der Waals surface area contributed by atoms with Crippen molar-refractivity contribution in [2.75, 3.05) is 20.3 Å². The summed E-state index contributed by atoms with van der Waals surface area (Å²) < 4.78 is 45.6. The van der Waals surface area contributed by atoms with E-state index in [1.165, 1.54) is 0 Å². The molecular weight excluding hydrogens is 279 g/mol. The van der Waals surface area contributed by atoms with E-state index < -0.39 is 17.5 Å². The second-order valence-electron chi connectivity index (χ2n) is 5.60. The summed E-state index contributed by atoms with van der Waals surface area (Å²) >= 11 is 0. The second kappa shape index (κ2) is 7.80. The Hall–Kier alpha value is -1.07. The lowest BCUT2D eigenvalue weighted by atomic mass is 9.97. The normalized spacial score (nSPS) is 19.9. The van der Waals surface area contributed by atoms with Crippen molar-refractivity contribution in [3.63, 3.8) is 0 Å². The van der Waals surface area contributed by atoms with Gasteiger partial charge in [-0.25, -0.2) is 13.2 Å². The summed E-state index contributed by atoms with van der Waals surface area (Å²) in [6.07, 6.45) is 5.10. The average molecular weight is 301 g/mol. The van der Waals surface area contributed by atoms with Crippen molar-refractivity contribution in [1.82, 2.24) is 4.90 Å². The number of methoxy groups -OCH3 is 1. The molecule has 1 unspecified atom stereocenters. The summed E-state index contributed by atoms with van der Waals surface area (Å²) in [7, 11) is 1.67. The zero-order valence-electron chi connectivity index (χ0n) is 12.4. The molecule has 1 aromatic carbocycles. The minimum absolute atomic E-state index is 0.0324. The van der Waals surface area contributed by atoms with Gasteiger partial charge in [-0.3, -0.25) is 4.90 Å². The number of nitrogens with zero attached hydrogens (tertiary/aromatic N) is 1. The average Bonchev–Trinajstić information content (AvgIpc) is 2.44. The van der Waals surface area contributed by atoms with E-state index in [1.807, 2.05) is 0 Å². The lowest BCUT2D eigenvalue weighted by molar-refractivity contribution is 0.114. The van der Waals surface area contributed by atoms with Crippen molar-refractivity contribution in [3.05, 3.63) is 35.1 Å². The monoisotopic (exact) mass is 301 g/mol. The molecule has 1 saturated heterocycles. The molecule has 1 atom stereocenters. The highest BCUT2D eigenvalue weighted by Crippen LogP contribution is 2.25. The number of benzene rings is 1. The molecule has 118 valence electrons. The van der Waals surface area contributed by atoms with Gasteiger partial charge in [-0.2, -0.15) is 0 Å². The Labute approximate surface area is 123 Å². The van der Waals surface area contributed by atoms with E-state index in [9.17, 15) is 13.2 Å². The topological polar surface area (TPSA) is 12.5 Å². The number of ether oxygens (including phenoxy) is 1. The third-order valence-electron chi connectivity index (χ3n) is 4.10. The zero-order valence-corrected chi connectivity index (χ0v) is 12.4. The zero-order chi connectivity index (χ0) is 15.2. The van der Waals surface area contributed by atoms with Crippen molar-refractivity contribution in [3.8, 4) is 0 Å². The molecule has 1 aliphatic rings. The first-order valence-corrected chi connectivity index (χ1v) is 7.48. The van der Waals surface area contributed by atoms with Crippen LogP contribution in [0.3, 0.4) is 0 Å². The van der Waals surface area contributed by atoms with Crippen LogP contribution in [0.1, 0.15) is 37.7 Å². The smallest absolute Gasteiger partial charge is 0.133 e. The first-order valence-electron chi connectivity index (χ1n) is 7.48. The minimum Gasteiger partial charge on any atom is -0.385 e. The van der Waals surface area contributed by atoms with Crippen LogP contribution in [0, 0.1) is 17.5 Å². The van der Waals surface area contributed by atoms with Gasteiger partial charge in [0, 0.05) is 44.0 Å². The standard InChI is InChI=1S/C16H22F3NO/c1-21-8-4-6-13-5-2-3-7-20(13)11-14-15(18)9-12(17)10-16(14)19/h9-10,13H,2-8,11H2,1H3. The number of hydrogen-bond donors (Lipinski definition) is 0. The largest absolute Gasteiger partial charge is 0.385 e. The Morgan fingerprint density at radius 1 is 1.19 bits per heavy atom. The van der Waals surface area contributed by atoms with Gasteiger partial charge in [-0.1, -0.05) is 6.42 Å². The number of piperidine rings is 1. The number of hydrogen-bond acceptors (Lipinski definition) is 2. The fourth-order valence-corrected chi connectivity index (χ4v) is 2.98. The molecule has 5 heteroatoms. The number of halogens is 3. The molecule has 0 amide bonds. The molecular formula is C16H22F3NO. The van der Waals surface area contributed by atoms with Crippen molar-refractivity contribution in [2.45, 2.75) is 44.7 Å². The summed E-state index contributed by atoms with van der Waals surface area (Å²) in [4.78, 5) is 2.11. The molecule has 0 aliphatic carbocycles. The SMILES string of the molecule is COCCCC1CCCCN1Cc1c(F)cc(F)cc1F. The maximum Gasteiger partial charge on any atom is 0.133 e. The first-order chi connectivity index (χ1) is 10.1. The van der Waals surface area contributed by atoms with E-state index in [0.29, 0.717) is 12.6 Å². The maximum atomic E-state index is 13.8. The van der Waals surface area contributed by atoms with Gasteiger partial charge in [0.1, 0.15) is 17.5 Å². The molecule has 1 aromatic rings. The van der Waals surface area contributed by atoms with Gasteiger partial charge in [-0.15, -0.1) is 0 Å². The van der Waals surface area contributed by atoms with Gasteiger partial charge < -0.3 is 4.74 Å². The fraction of sp³-hybridized carbons (Fsp3) is 0.625. The maximum absolute atomic E-state index is 13.8. The van der Waals surface area contributed by atoms with Crippen LogP contribution in [0.5, 0.6) is 0 Å². The van der Waals surface area contributed by atoms with Gasteiger partial charge in [-0.05, 0) is 32.2 Å². The van der Waals surface area contributed by atoms with Crippen LogP contribution in [-0.2, 0) is 11.3 Å². The Morgan fingerprint density at radius 2 is 1.90 bits per heavy atom. The molecule has 1 heterocycles. The molecule has 0 aromatic heterocycles. The van der Waals surface area contributed by atoms with Crippen molar-refractivity contribution >= 4 is 0 Å². The highest BCUT2D eigenvalue weighted by Gasteiger charge is 2.24.